The molecule has 0 aliphatic heterocycles. The first-order valence-electron chi connectivity index (χ1n) is 6.27. The highest BCUT2D eigenvalue weighted by Gasteiger charge is 2.11. The number of imidazole rings is 1. The molecular formula is C15H16N4. The van der Waals surface area contributed by atoms with E-state index in [-0.39, 0.29) is 0 Å². The van der Waals surface area contributed by atoms with Gasteiger partial charge in [0.1, 0.15) is 0 Å². The first-order valence-corrected chi connectivity index (χ1v) is 6.27. The van der Waals surface area contributed by atoms with Crippen LogP contribution in [0.3, 0.4) is 0 Å². The van der Waals surface area contributed by atoms with Gasteiger partial charge in [-0.15, -0.1) is 0 Å². The number of nitrogens with two attached hydrogens (primary N) is 2. The van der Waals surface area contributed by atoms with Crippen LogP contribution < -0.4 is 11.5 Å². The van der Waals surface area contributed by atoms with E-state index in [1.807, 2.05) is 41.0 Å². The van der Waals surface area contributed by atoms with Gasteiger partial charge in [-0.05, 0) is 17.2 Å². The fourth-order valence-corrected chi connectivity index (χ4v) is 2.37. The average molecular weight is 252 g/mol. The molecule has 96 valence electrons. The van der Waals surface area contributed by atoms with Crippen LogP contribution in [0.4, 0.5) is 5.95 Å². The van der Waals surface area contributed by atoms with Gasteiger partial charge in [0, 0.05) is 6.54 Å². The van der Waals surface area contributed by atoms with Gasteiger partial charge in [-0.25, -0.2) is 4.98 Å². The normalized spacial score (nSPS) is 11.0. The van der Waals surface area contributed by atoms with Crippen molar-refractivity contribution in [2.75, 3.05) is 5.73 Å². The third-order valence-corrected chi connectivity index (χ3v) is 3.28. The maximum Gasteiger partial charge on any atom is 0.201 e. The lowest BCUT2D eigenvalue weighted by Crippen LogP contribution is -2.07. The highest BCUT2D eigenvalue weighted by atomic mass is 15.2. The van der Waals surface area contributed by atoms with E-state index in [0.29, 0.717) is 19.0 Å². The van der Waals surface area contributed by atoms with Crippen LogP contribution in [0.15, 0.2) is 48.5 Å². The third kappa shape index (κ3) is 2.06. The van der Waals surface area contributed by atoms with Gasteiger partial charge in [-0.3, -0.25) is 0 Å². The molecule has 4 N–H and O–H groups in total. The molecule has 0 spiro atoms. The smallest absolute Gasteiger partial charge is 0.201 e. The molecule has 0 amide bonds. The lowest BCUT2D eigenvalue weighted by molar-refractivity contribution is 0.832. The Hall–Kier alpha value is -2.33. The van der Waals surface area contributed by atoms with Crippen molar-refractivity contribution < 1.29 is 0 Å². The topological polar surface area (TPSA) is 69.9 Å². The first kappa shape index (κ1) is 11.7. The second kappa shape index (κ2) is 4.74. The molecule has 0 saturated carbocycles. The second-order valence-electron chi connectivity index (χ2n) is 4.53. The highest BCUT2D eigenvalue weighted by molar-refractivity contribution is 5.81. The minimum Gasteiger partial charge on any atom is -0.369 e. The summed E-state index contributed by atoms with van der Waals surface area (Å²) in [6, 6.07) is 16.2. The van der Waals surface area contributed by atoms with Crippen LogP contribution in [0.2, 0.25) is 0 Å². The van der Waals surface area contributed by atoms with Crippen molar-refractivity contribution in [3.8, 4) is 0 Å². The largest absolute Gasteiger partial charge is 0.369 e. The summed E-state index contributed by atoms with van der Waals surface area (Å²) < 4.78 is 2.02. The zero-order valence-corrected chi connectivity index (χ0v) is 10.6. The Kier molecular flexibility index (Phi) is 2.93. The predicted octanol–water partition coefficient (Wildman–Crippen LogP) is 2.13. The van der Waals surface area contributed by atoms with Gasteiger partial charge in [-0.2, -0.15) is 0 Å². The maximum absolute atomic E-state index is 6.04. The van der Waals surface area contributed by atoms with Gasteiger partial charge in [0.15, 0.2) is 0 Å². The monoisotopic (exact) mass is 252 g/mol. The molecule has 1 heterocycles. The first-order chi connectivity index (χ1) is 9.29. The van der Waals surface area contributed by atoms with E-state index in [1.165, 1.54) is 5.56 Å². The van der Waals surface area contributed by atoms with Crippen molar-refractivity contribution in [1.29, 1.82) is 0 Å². The number of anilines is 1. The van der Waals surface area contributed by atoms with Crippen LogP contribution >= 0.6 is 0 Å². The van der Waals surface area contributed by atoms with E-state index < -0.39 is 0 Å². The molecule has 4 heteroatoms. The van der Waals surface area contributed by atoms with E-state index in [1.54, 1.807) is 0 Å². The zero-order chi connectivity index (χ0) is 13.2. The molecule has 1 aromatic heterocycles. The minimum atomic E-state index is 0.483. The summed E-state index contributed by atoms with van der Waals surface area (Å²) in [5.74, 6) is 0.528. The molecule has 0 aliphatic rings. The Morgan fingerprint density at radius 2 is 1.79 bits per heavy atom. The Bertz CT molecular complexity index is 701. The van der Waals surface area contributed by atoms with E-state index in [0.717, 1.165) is 16.6 Å². The number of nitrogens with zero attached hydrogens (tertiary/aromatic N) is 2. The minimum absolute atomic E-state index is 0.483. The van der Waals surface area contributed by atoms with Gasteiger partial charge in [-0.1, -0.05) is 42.5 Å². The van der Waals surface area contributed by atoms with E-state index >= 15 is 0 Å². The molecule has 3 rings (SSSR count). The van der Waals surface area contributed by atoms with E-state index in [4.69, 9.17) is 11.5 Å². The van der Waals surface area contributed by atoms with Crippen molar-refractivity contribution in [1.82, 2.24) is 9.55 Å². The fourth-order valence-electron chi connectivity index (χ4n) is 2.37. The van der Waals surface area contributed by atoms with Crippen LogP contribution in [0.25, 0.3) is 11.0 Å². The van der Waals surface area contributed by atoms with E-state index in [9.17, 15) is 0 Å². The molecule has 2 aromatic carbocycles. The van der Waals surface area contributed by atoms with E-state index in [2.05, 4.69) is 17.1 Å². The Balaban J connectivity index is 2.15. The number of hydrogen-bond acceptors (Lipinski definition) is 3. The van der Waals surface area contributed by atoms with Crippen LogP contribution in [-0.2, 0) is 13.1 Å². The number of aromatic nitrogens is 2. The van der Waals surface area contributed by atoms with Crippen LogP contribution in [0.1, 0.15) is 11.1 Å². The summed E-state index contributed by atoms with van der Waals surface area (Å²) in [7, 11) is 0. The number of para-hydroxylation sites is 1. The molecule has 4 nitrogen and oxygen atoms in total. The molecule has 3 aromatic rings. The van der Waals surface area contributed by atoms with Crippen LogP contribution in [0, 0.1) is 0 Å². The summed E-state index contributed by atoms with van der Waals surface area (Å²) in [6.45, 7) is 1.19. The maximum atomic E-state index is 6.04. The van der Waals surface area contributed by atoms with Crippen LogP contribution in [0.5, 0.6) is 0 Å². The van der Waals surface area contributed by atoms with Crippen molar-refractivity contribution >= 4 is 17.0 Å². The highest BCUT2D eigenvalue weighted by Crippen LogP contribution is 2.22. The summed E-state index contributed by atoms with van der Waals surface area (Å²) in [5, 5.41) is 0. The molecule has 0 radical (unpaired) electrons. The van der Waals surface area contributed by atoms with Gasteiger partial charge in [0.05, 0.1) is 17.6 Å². The second-order valence-corrected chi connectivity index (χ2v) is 4.53. The molecule has 0 bridgehead atoms. The van der Waals surface area contributed by atoms with Gasteiger partial charge in [0.25, 0.3) is 0 Å². The van der Waals surface area contributed by atoms with Crippen molar-refractivity contribution in [2.45, 2.75) is 13.1 Å². The fraction of sp³-hybridized carbons (Fsp3) is 0.133. The standard InChI is InChI=1S/C15H16N4/c16-9-12-7-4-8-13-14(12)19(15(17)18-13)10-11-5-2-1-3-6-11/h1-8H,9-10,16H2,(H2,17,18). The molecule has 19 heavy (non-hydrogen) atoms. The lowest BCUT2D eigenvalue weighted by atomic mass is 10.1. The summed E-state index contributed by atoms with van der Waals surface area (Å²) in [5.41, 5.74) is 16.0. The van der Waals surface area contributed by atoms with Gasteiger partial charge >= 0.3 is 0 Å². The molecule has 0 unspecified atom stereocenters. The number of benzene rings is 2. The predicted molar refractivity (Wildman–Crippen MR) is 77.6 cm³/mol. The average Bonchev–Trinajstić information content (AvgIpc) is 2.76. The SMILES string of the molecule is NCc1cccc2nc(N)n(Cc3ccccc3)c12. The lowest BCUT2D eigenvalue weighted by Gasteiger charge is -2.09. The third-order valence-electron chi connectivity index (χ3n) is 3.28. The number of nitrogen functional groups attached to an aromatic ring is 1. The molecule has 0 fully saturated rings. The quantitative estimate of drug-likeness (QED) is 0.750. The number of rotatable bonds is 3. The zero-order valence-electron chi connectivity index (χ0n) is 10.6. The van der Waals surface area contributed by atoms with Crippen molar-refractivity contribution in [2.24, 2.45) is 5.73 Å². The Morgan fingerprint density at radius 3 is 2.53 bits per heavy atom. The van der Waals surface area contributed by atoms with Crippen molar-refractivity contribution in [3.63, 3.8) is 0 Å². The number of hydrogen-bond donors (Lipinski definition) is 2. The summed E-state index contributed by atoms with van der Waals surface area (Å²) in [4.78, 5) is 4.40. The molecular weight excluding hydrogens is 236 g/mol. The summed E-state index contributed by atoms with van der Waals surface area (Å²) >= 11 is 0. The van der Waals surface area contributed by atoms with Crippen molar-refractivity contribution in [3.05, 3.63) is 59.7 Å². The van der Waals surface area contributed by atoms with Crippen LogP contribution in [-0.4, -0.2) is 9.55 Å². The molecule has 0 atom stereocenters. The molecule has 0 saturated heterocycles. The number of fused-ring (bicyclic) bond motifs is 1. The molecule has 0 aliphatic carbocycles. The Labute approximate surface area is 111 Å². The van der Waals surface area contributed by atoms with Gasteiger partial charge in [0.2, 0.25) is 5.95 Å². The summed E-state index contributed by atoms with van der Waals surface area (Å²) in [6.07, 6.45) is 0. The van der Waals surface area contributed by atoms with Gasteiger partial charge < -0.3 is 16.0 Å². The Morgan fingerprint density at radius 1 is 1.00 bits per heavy atom.